The highest BCUT2D eigenvalue weighted by Crippen LogP contribution is 2.07. The van der Waals surface area contributed by atoms with Crippen molar-refractivity contribution in [3.63, 3.8) is 0 Å². The van der Waals surface area contributed by atoms with Gasteiger partial charge in [-0.05, 0) is 25.3 Å². The fourth-order valence-corrected chi connectivity index (χ4v) is 1.86. The minimum atomic E-state index is 0.275. The summed E-state index contributed by atoms with van der Waals surface area (Å²) < 4.78 is 2.08. The van der Waals surface area contributed by atoms with E-state index in [0.29, 0.717) is 6.54 Å². The van der Waals surface area contributed by atoms with Crippen LogP contribution in [-0.2, 0) is 13.0 Å². The first kappa shape index (κ1) is 12.7. The van der Waals surface area contributed by atoms with Crippen LogP contribution in [0.1, 0.15) is 30.8 Å². The van der Waals surface area contributed by atoms with Crippen LogP contribution in [-0.4, -0.2) is 31.2 Å². The third-order valence-corrected chi connectivity index (χ3v) is 2.82. The van der Waals surface area contributed by atoms with Crippen molar-refractivity contribution in [2.45, 2.75) is 32.2 Å². The Labute approximate surface area is 107 Å². The van der Waals surface area contributed by atoms with Gasteiger partial charge in [-0.1, -0.05) is 6.42 Å². The minimum absolute atomic E-state index is 0.275. The van der Waals surface area contributed by atoms with Crippen LogP contribution in [0.3, 0.4) is 0 Å². The van der Waals surface area contributed by atoms with Gasteiger partial charge in [0.25, 0.3) is 0 Å². The standard InChI is InChI=1S/C13H18N4O/c18-8-3-1-2-5-12-9-14-11-17(12)10-13-15-6-4-7-16-13/h4,6-7,9,11,18H,1-3,5,8,10H2. The van der Waals surface area contributed by atoms with E-state index in [1.807, 2.05) is 18.6 Å². The molecular formula is C13H18N4O. The molecule has 0 aliphatic carbocycles. The van der Waals surface area contributed by atoms with Gasteiger partial charge in [-0.2, -0.15) is 0 Å². The third kappa shape index (κ3) is 3.63. The van der Waals surface area contributed by atoms with Crippen molar-refractivity contribution in [3.05, 3.63) is 42.5 Å². The highest BCUT2D eigenvalue weighted by atomic mass is 16.2. The van der Waals surface area contributed by atoms with Crippen molar-refractivity contribution in [1.29, 1.82) is 0 Å². The second kappa shape index (κ2) is 6.86. The summed E-state index contributed by atoms with van der Waals surface area (Å²) >= 11 is 0. The highest BCUT2D eigenvalue weighted by molar-refractivity contribution is 5.01. The number of nitrogens with zero attached hydrogens (tertiary/aromatic N) is 4. The Kier molecular flexibility index (Phi) is 4.84. The predicted octanol–water partition coefficient (Wildman–Crippen LogP) is 1.43. The van der Waals surface area contributed by atoms with Crippen molar-refractivity contribution in [3.8, 4) is 0 Å². The number of aryl methyl sites for hydroxylation is 1. The molecule has 2 heterocycles. The van der Waals surface area contributed by atoms with Crippen LogP contribution in [0.5, 0.6) is 0 Å². The summed E-state index contributed by atoms with van der Waals surface area (Å²) in [6.45, 7) is 0.938. The molecule has 96 valence electrons. The van der Waals surface area contributed by atoms with Gasteiger partial charge in [0.15, 0.2) is 0 Å². The number of hydrogen-bond acceptors (Lipinski definition) is 4. The van der Waals surface area contributed by atoms with E-state index in [4.69, 9.17) is 5.11 Å². The van der Waals surface area contributed by atoms with Crippen LogP contribution in [0.2, 0.25) is 0 Å². The normalized spacial score (nSPS) is 10.7. The van der Waals surface area contributed by atoms with E-state index in [1.165, 1.54) is 5.69 Å². The van der Waals surface area contributed by atoms with Crippen LogP contribution in [0.4, 0.5) is 0 Å². The topological polar surface area (TPSA) is 63.8 Å². The van der Waals surface area contributed by atoms with Crippen molar-refractivity contribution in [2.24, 2.45) is 0 Å². The van der Waals surface area contributed by atoms with E-state index in [1.54, 1.807) is 12.4 Å². The zero-order valence-electron chi connectivity index (χ0n) is 10.4. The first-order valence-corrected chi connectivity index (χ1v) is 6.26. The molecule has 0 saturated carbocycles. The molecule has 0 aliphatic rings. The van der Waals surface area contributed by atoms with E-state index >= 15 is 0 Å². The number of hydrogen-bond donors (Lipinski definition) is 1. The maximum absolute atomic E-state index is 8.74. The lowest BCUT2D eigenvalue weighted by Gasteiger charge is -2.06. The van der Waals surface area contributed by atoms with Crippen molar-refractivity contribution >= 4 is 0 Å². The van der Waals surface area contributed by atoms with E-state index < -0.39 is 0 Å². The molecule has 2 rings (SSSR count). The van der Waals surface area contributed by atoms with Crippen molar-refractivity contribution in [2.75, 3.05) is 6.61 Å². The molecule has 0 aromatic carbocycles. The average Bonchev–Trinajstić information content (AvgIpc) is 2.83. The maximum Gasteiger partial charge on any atom is 0.147 e. The SMILES string of the molecule is OCCCCCc1cncn1Cc1ncccn1. The summed E-state index contributed by atoms with van der Waals surface area (Å²) in [7, 11) is 0. The monoisotopic (exact) mass is 246 g/mol. The van der Waals surface area contributed by atoms with Crippen molar-refractivity contribution in [1.82, 2.24) is 19.5 Å². The molecule has 0 saturated heterocycles. The smallest absolute Gasteiger partial charge is 0.147 e. The largest absolute Gasteiger partial charge is 0.396 e. The first-order chi connectivity index (χ1) is 8.90. The number of aliphatic hydroxyl groups excluding tert-OH is 1. The van der Waals surface area contributed by atoms with Gasteiger partial charge in [0.05, 0.1) is 12.9 Å². The predicted molar refractivity (Wildman–Crippen MR) is 68.0 cm³/mol. The first-order valence-electron chi connectivity index (χ1n) is 6.26. The average molecular weight is 246 g/mol. The molecule has 2 aromatic heterocycles. The van der Waals surface area contributed by atoms with Crippen LogP contribution in [0, 0.1) is 0 Å². The number of aliphatic hydroxyl groups is 1. The molecule has 0 unspecified atom stereocenters. The molecule has 0 aliphatic heterocycles. The van der Waals surface area contributed by atoms with Crippen molar-refractivity contribution < 1.29 is 5.11 Å². The summed E-state index contributed by atoms with van der Waals surface area (Å²) in [5.74, 6) is 0.798. The quantitative estimate of drug-likeness (QED) is 0.751. The summed E-state index contributed by atoms with van der Waals surface area (Å²) in [6.07, 6.45) is 11.2. The fraction of sp³-hybridized carbons (Fsp3) is 0.462. The molecule has 5 heteroatoms. The molecule has 0 bridgehead atoms. The third-order valence-electron chi connectivity index (χ3n) is 2.82. The van der Waals surface area contributed by atoms with E-state index in [-0.39, 0.29) is 6.61 Å². The molecule has 2 aromatic rings. The zero-order valence-corrected chi connectivity index (χ0v) is 10.4. The second-order valence-electron chi connectivity index (χ2n) is 4.21. The maximum atomic E-state index is 8.74. The molecule has 0 radical (unpaired) electrons. The number of imidazole rings is 1. The van der Waals surface area contributed by atoms with E-state index in [0.717, 1.165) is 31.5 Å². The van der Waals surface area contributed by atoms with E-state index in [2.05, 4.69) is 19.5 Å². The molecule has 0 amide bonds. The molecule has 1 N–H and O–H groups in total. The Balaban J connectivity index is 1.91. The Bertz CT molecular complexity index is 455. The zero-order chi connectivity index (χ0) is 12.6. The number of aromatic nitrogens is 4. The van der Waals surface area contributed by atoms with Crippen LogP contribution < -0.4 is 0 Å². The molecule has 18 heavy (non-hydrogen) atoms. The Morgan fingerprint density at radius 3 is 2.72 bits per heavy atom. The Morgan fingerprint density at radius 1 is 1.11 bits per heavy atom. The van der Waals surface area contributed by atoms with Crippen LogP contribution in [0.25, 0.3) is 0 Å². The summed E-state index contributed by atoms with van der Waals surface area (Å²) in [6, 6.07) is 1.81. The number of rotatable bonds is 7. The summed E-state index contributed by atoms with van der Waals surface area (Å²) in [5, 5.41) is 8.74. The molecule has 0 fully saturated rings. The van der Waals surface area contributed by atoms with Gasteiger partial charge in [-0.15, -0.1) is 0 Å². The Hall–Kier alpha value is -1.75. The van der Waals surface area contributed by atoms with Gasteiger partial charge in [0.2, 0.25) is 0 Å². The van der Waals surface area contributed by atoms with Crippen LogP contribution in [0.15, 0.2) is 31.0 Å². The molecule has 0 spiro atoms. The van der Waals surface area contributed by atoms with Gasteiger partial charge in [-0.3, -0.25) is 0 Å². The van der Waals surface area contributed by atoms with Gasteiger partial charge < -0.3 is 9.67 Å². The number of unbranched alkanes of at least 4 members (excludes halogenated alkanes) is 2. The summed E-state index contributed by atoms with van der Waals surface area (Å²) in [4.78, 5) is 12.6. The molecule has 5 nitrogen and oxygen atoms in total. The minimum Gasteiger partial charge on any atom is -0.396 e. The highest BCUT2D eigenvalue weighted by Gasteiger charge is 2.04. The second-order valence-corrected chi connectivity index (χ2v) is 4.21. The lowest BCUT2D eigenvalue weighted by atomic mass is 10.1. The van der Waals surface area contributed by atoms with E-state index in [9.17, 15) is 0 Å². The van der Waals surface area contributed by atoms with Gasteiger partial charge in [0.1, 0.15) is 5.82 Å². The molecular weight excluding hydrogens is 228 g/mol. The summed E-state index contributed by atoms with van der Waals surface area (Å²) in [5.41, 5.74) is 1.19. The lowest BCUT2D eigenvalue weighted by molar-refractivity contribution is 0.283. The lowest BCUT2D eigenvalue weighted by Crippen LogP contribution is -2.06. The fourth-order valence-electron chi connectivity index (χ4n) is 1.86. The van der Waals surface area contributed by atoms with Gasteiger partial charge >= 0.3 is 0 Å². The molecule has 0 atom stereocenters. The van der Waals surface area contributed by atoms with Gasteiger partial charge in [0, 0.05) is 30.9 Å². The Morgan fingerprint density at radius 2 is 1.94 bits per heavy atom. The van der Waals surface area contributed by atoms with Crippen LogP contribution >= 0.6 is 0 Å². The van der Waals surface area contributed by atoms with Gasteiger partial charge in [-0.25, -0.2) is 15.0 Å².